The van der Waals surface area contributed by atoms with Crippen molar-refractivity contribution in [3.8, 4) is 0 Å². The Labute approximate surface area is 144 Å². The molecule has 3 saturated heterocycles. The summed E-state index contributed by atoms with van der Waals surface area (Å²) in [5, 5.41) is 4.96. The van der Waals surface area contributed by atoms with E-state index < -0.39 is 0 Å². The molecule has 2 bridgehead atoms. The minimum Gasteiger partial charge on any atom is -0.346 e. The van der Waals surface area contributed by atoms with E-state index in [0.717, 1.165) is 41.1 Å². The molecule has 5 heterocycles. The summed E-state index contributed by atoms with van der Waals surface area (Å²) in [6, 6.07) is 3.97. The number of aromatic nitrogens is 1. The number of anilines is 1. The van der Waals surface area contributed by atoms with Gasteiger partial charge in [0, 0.05) is 35.9 Å². The van der Waals surface area contributed by atoms with Crippen LogP contribution in [0.4, 0.5) is 5.00 Å². The van der Waals surface area contributed by atoms with Crippen LogP contribution < -0.4 is 10.2 Å². The van der Waals surface area contributed by atoms with E-state index in [-0.39, 0.29) is 11.9 Å². The molecule has 2 aromatic heterocycles. The Morgan fingerprint density at radius 3 is 2.88 bits per heavy atom. The van der Waals surface area contributed by atoms with Crippen LogP contribution in [0.1, 0.15) is 23.3 Å². The van der Waals surface area contributed by atoms with E-state index >= 15 is 0 Å². The van der Waals surface area contributed by atoms with Gasteiger partial charge in [-0.05, 0) is 44.0 Å². The molecule has 1 N–H and O–H groups in total. The topological polar surface area (TPSA) is 65.5 Å². The van der Waals surface area contributed by atoms with Crippen molar-refractivity contribution in [1.82, 2.24) is 15.2 Å². The second kappa shape index (κ2) is 6.14. The zero-order valence-electron chi connectivity index (χ0n) is 13.6. The molecule has 1 unspecified atom stereocenters. The van der Waals surface area contributed by atoms with Crippen LogP contribution in [0.3, 0.4) is 0 Å². The molecule has 0 radical (unpaired) electrons. The van der Waals surface area contributed by atoms with Crippen LogP contribution in [-0.2, 0) is 4.79 Å². The number of nitrogens with zero attached hydrogens (tertiary/aromatic N) is 3. The van der Waals surface area contributed by atoms with E-state index in [4.69, 9.17) is 0 Å². The van der Waals surface area contributed by atoms with E-state index in [1.807, 2.05) is 12.1 Å². The van der Waals surface area contributed by atoms with Crippen LogP contribution >= 0.6 is 11.3 Å². The Bertz CT molecular complexity index is 782. The molecule has 3 aliphatic heterocycles. The molecule has 126 valence electrons. The summed E-state index contributed by atoms with van der Waals surface area (Å²) >= 11 is 1.49. The van der Waals surface area contributed by atoms with E-state index in [2.05, 4.69) is 15.2 Å². The minimum atomic E-state index is -0.102. The molecular formula is C17H20N4O2S. The Morgan fingerprint density at radius 1 is 1.42 bits per heavy atom. The van der Waals surface area contributed by atoms with E-state index in [1.54, 1.807) is 13.2 Å². The molecule has 0 spiro atoms. The number of amides is 2. The smallest absolute Gasteiger partial charge is 0.270 e. The second-order valence-electron chi connectivity index (χ2n) is 6.63. The highest BCUT2D eigenvalue weighted by atomic mass is 32.1. The third-order valence-electron chi connectivity index (χ3n) is 5.10. The van der Waals surface area contributed by atoms with E-state index in [1.165, 1.54) is 29.1 Å². The van der Waals surface area contributed by atoms with Gasteiger partial charge in [-0.3, -0.25) is 14.6 Å². The average Bonchev–Trinajstić information content (AvgIpc) is 3.05. The van der Waals surface area contributed by atoms with Crippen LogP contribution in [0.2, 0.25) is 0 Å². The molecule has 0 aliphatic carbocycles. The van der Waals surface area contributed by atoms with Gasteiger partial charge < -0.3 is 15.1 Å². The highest BCUT2D eigenvalue weighted by molar-refractivity contribution is 7.23. The van der Waals surface area contributed by atoms with Gasteiger partial charge in [-0.15, -0.1) is 11.3 Å². The maximum atomic E-state index is 12.6. The third-order valence-corrected chi connectivity index (χ3v) is 6.29. The number of carbonyl (C=O) groups is 2. The average molecular weight is 344 g/mol. The maximum absolute atomic E-state index is 12.6. The largest absolute Gasteiger partial charge is 0.346 e. The molecule has 5 rings (SSSR count). The van der Waals surface area contributed by atoms with Crippen molar-refractivity contribution in [2.75, 3.05) is 31.6 Å². The summed E-state index contributed by atoms with van der Waals surface area (Å²) < 4.78 is 0.966. The fourth-order valence-corrected chi connectivity index (χ4v) is 4.64. The second-order valence-corrected chi connectivity index (χ2v) is 7.69. The molecule has 0 aromatic carbocycles. The normalized spacial score (nSPS) is 25.6. The van der Waals surface area contributed by atoms with Gasteiger partial charge >= 0.3 is 0 Å². The molecule has 6 nitrogen and oxygen atoms in total. The number of nitrogens with one attached hydrogen (secondary N) is 1. The number of thiophene rings is 1. The molecular weight excluding hydrogens is 324 g/mol. The van der Waals surface area contributed by atoms with Crippen molar-refractivity contribution < 1.29 is 9.59 Å². The highest BCUT2D eigenvalue weighted by Crippen LogP contribution is 2.32. The number of fused-ring (bicyclic) bond motifs is 4. The molecule has 3 fully saturated rings. The fourth-order valence-electron chi connectivity index (χ4n) is 3.64. The number of rotatable bonds is 4. The first-order valence-electron chi connectivity index (χ1n) is 8.25. The molecule has 1 atom stereocenters. The zero-order chi connectivity index (χ0) is 16.7. The highest BCUT2D eigenvalue weighted by Gasteiger charge is 2.35. The summed E-state index contributed by atoms with van der Waals surface area (Å²) in [6.07, 6.45) is 4.83. The van der Waals surface area contributed by atoms with Crippen LogP contribution in [0.25, 0.3) is 10.1 Å². The monoisotopic (exact) mass is 344 g/mol. The van der Waals surface area contributed by atoms with Crippen LogP contribution in [0.15, 0.2) is 18.3 Å². The number of carbonyl (C=O) groups excluding carboxylic acids is 2. The van der Waals surface area contributed by atoms with Gasteiger partial charge in [-0.2, -0.15) is 0 Å². The lowest BCUT2D eigenvalue weighted by molar-refractivity contribution is -0.107. The molecule has 2 amide bonds. The summed E-state index contributed by atoms with van der Waals surface area (Å²) in [5.74, 6) is 0.492. The summed E-state index contributed by atoms with van der Waals surface area (Å²) in [5.41, 5.74) is 0.445. The Kier molecular flexibility index (Phi) is 3.97. The first kappa shape index (κ1) is 15.5. The number of pyridine rings is 1. The third kappa shape index (κ3) is 2.78. The van der Waals surface area contributed by atoms with Crippen molar-refractivity contribution in [2.45, 2.75) is 18.9 Å². The minimum absolute atomic E-state index is 0.102. The van der Waals surface area contributed by atoms with Gasteiger partial charge in [0.25, 0.3) is 5.91 Å². The Hall–Kier alpha value is -1.99. The Balaban J connectivity index is 1.52. The predicted octanol–water partition coefficient (Wildman–Crippen LogP) is 1.71. The summed E-state index contributed by atoms with van der Waals surface area (Å²) in [6.45, 7) is 3.26. The van der Waals surface area contributed by atoms with Crippen LogP contribution in [0, 0.1) is 5.92 Å². The quantitative estimate of drug-likeness (QED) is 0.858. The Morgan fingerprint density at radius 2 is 2.21 bits per heavy atom. The number of piperidine rings is 3. The molecule has 3 aliphatic rings. The van der Waals surface area contributed by atoms with Gasteiger partial charge in [-0.25, -0.2) is 0 Å². The molecule has 24 heavy (non-hydrogen) atoms. The van der Waals surface area contributed by atoms with E-state index in [9.17, 15) is 9.59 Å². The van der Waals surface area contributed by atoms with Crippen molar-refractivity contribution in [3.05, 3.63) is 24.0 Å². The van der Waals surface area contributed by atoms with Gasteiger partial charge in [0.15, 0.2) is 0 Å². The molecule has 2 aromatic rings. The molecule has 7 heteroatoms. The van der Waals surface area contributed by atoms with Crippen LogP contribution in [-0.4, -0.2) is 54.9 Å². The van der Waals surface area contributed by atoms with Gasteiger partial charge in [0.2, 0.25) is 6.41 Å². The van der Waals surface area contributed by atoms with Crippen molar-refractivity contribution in [2.24, 2.45) is 5.92 Å². The lowest BCUT2D eigenvalue weighted by Crippen LogP contribution is -2.57. The SMILES string of the molecule is CN(C=O)c1cc2cnc(C(=O)NC3CN4CCC3CC4)cc2s1. The first-order valence-corrected chi connectivity index (χ1v) is 9.06. The number of hydrogen-bond donors (Lipinski definition) is 1. The van der Waals surface area contributed by atoms with Crippen LogP contribution in [0.5, 0.6) is 0 Å². The fraction of sp³-hybridized carbons (Fsp3) is 0.471. The van der Waals surface area contributed by atoms with Gasteiger partial charge in [-0.1, -0.05) is 0 Å². The van der Waals surface area contributed by atoms with Crippen molar-refractivity contribution in [1.29, 1.82) is 0 Å². The van der Waals surface area contributed by atoms with Crippen molar-refractivity contribution in [3.63, 3.8) is 0 Å². The maximum Gasteiger partial charge on any atom is 0.270 e. The lowest BCUT2D eigenvalue weighted by atomic mass is 9.84. The zero-order valence-corrected chi connectivity index (χ0v) is 14.4. The summed E-state index contributed by atoms with van der Waals surface area (Å²) in [7, 11) is 1.71. The first-order chi connectivity index (χ1) is 11.6. The molecule has 0 saturated carbocycles. The van der Waals surface area contributed by atoms with Gasteiger partial charge in [0.05, 0.1) is 5.00 Å². The van der Waals surface area contributed by atoms with Crippen molar-refractivity contribution >= 4 is 38.7 Å². The van der Waals surface area contributed by atoms with E-state index in [0.29, 0.717) is 11.6 Å². The number of hydrogen-bond acceptors (Lipinski definition) is 5. The predicted molar refractivity (Wildman–Crippen MR) is 94.5 cm³/mol. The summed E-state index contributed by atoms with van der Waals surface area (Å²) in [4.78, 5) is 31.7. The van der Waals surface area contributed by atoms with Gasteiger partial charge in [0.1, 0.15) is 5.69 Å². The lowest BCUT2D eigenvalue weighted by Gasteiger charge is -2.44. The standard InChI is InChI=1S/C17H20N4O2S/c1-20(10-22)16-6-12-8-18-13(7-15(12)24-16)17(23)19-14-9-21-4-2-11(14)3-5-21/h6-8,10-11,14H,2-5,9H2,1H3,(H,19,23).